The number of halogens is 1. The quantitative estimate of drug-likeness (QED) is 0.515. The molecule has 7 nitrogen and oxygen atoms in total. The third kappa shape index (κ3) is 3.55. The third-order valence-corrected chi connectivity index (χ3v) is 5.85. The van der Waals surface area contributed by atoms with Crippen molar-refractivity contribution in [1.29, 1.82) is 0 Å². The minimum atomic E-state index is -0.517. The number of benzene rings is 2. The van der Waals surface area contributed by atoms with E-state index < -0.39 is 6.04 Å². The summed E-state index contributed by atoms with van der Waals surface area (Å²) in [6.07, 6.45) is 3.93. The number of carbonyl (C=O) groups is 1. The van der Waals surface area contributed by atoms with Crippen LogP contribution in [0.2, 0.25) is 5.02 Å². The van der Waals surface area contributed by atoms with Crippen LogP contribution in [0.25, 0.3) is 22.3 Å². The Hall–Kier alpha value is -3.55. The molecule has 32 heavy (non-hydrogen) atoms. The predicted octanol–water partition coefficient (Wildman–Crippen LogP) is 3.75. The molecule has 160 valence electrons. The van der Waals surface area contributed by atoms with Gasteiger partial charge in [0, 0.05) is 35.0 Å². The minimum Gasteiger partial charge on any atom is -0.358 e. The lowest BCUT2D eigenvalue weighted by molar-refractivity contribution is -0.306. The maximum absolute atomic E-state index is 12.0. The Bertz CT molecular complexity index is 1370. The standard InChI is InChI=1S/C24H20ClN5O2/c1-13-22-18-8-5-15(16-11-27-30(2)12-16)9-19(18)23(14-3-6-17(25)7-4-14)28-20(10-21(26)31)24(22)32-29-13/h3-9,11-12,20H,10H2,1-2H3,(H2,26,31)/p+1. The van der Waals surface area contributed by atoms with Gasteiger partial charge in [-0.05, 0) is 36.2 Å². The van der Waals surface area contributed by atoms with Crippen LogP contribution in [0.4, 0.5) is 0 Å². The number of rotatable bonds is 4. The summed E-state index contributed by atoms with van der Waals surface area (Å²) in [6, 6.07) is 13.2. The number of aromatic nitrogens is 3. The molecule has 3 heterocycles. The monoisotopic (exact) mass is 446 g/mol. The maximum Gasteiger partial charge on any atom is 0.311 e. The average molecular weight is 447 g/mol. The number of amides is 1. The normalized spacial score (nSPS) is 15.0. The zero-order chi connectivity index (χ0) is 22.4. The molecule has 2 aromatic heterocycles. The lowest BCUT2D eigenvalue weighted by atomic mass is 9.90. The van der Waals surface area contributed by atoms with E-state index in [0.29, 0.717) is 10.8 Å². The van der Waals surface area contributed by atoms with Gasteiger partial charge in [-0.15, -0.1) is 0 Å². The number of quaternary nitrogens is 1. The maximum atomic E-state index is 12.0. The largest absolute Gasteiger partial charge is 0.358 e. The molecule has 2 aromatic carbocycles. The van der Waals surface area contributed by atoms with Gasteiger partial charge in [-0.1, -0.05) is 41.0 Å². The molecule has 8 heteroatoms. The van der Waals surface area contributed by atoms with Crippen LogP contribution in [0, 0.1) is 6.92 Å². The van der Waals surface area contributed by atoms with E-state index >= 15 is 0 Å². The predicted molar refractivity (Wildman–Crippen MR) is 121 cm³/mol. The van der Waals surface area contributed by atoms with Crippen LogP contribution >= 0.6 is 11.6 Å². The summed E-state index contributed by atoms with van der Waals surface area (Å²) in [4.78, 5) is 17.0. The topological polar surface area (TPSA) is 101 Å². The Labute approximate surface area is 189 Å². The van der Waals surface area contributed by atoms with Crippen molar-refractivity contribution in [2.75, 3.05) is 0 Å². The number of aryl methyl sites for hydroxylation is 2. The van der Waals surface area contributed by atoms with E-state index in [4.69, 9.17) is 21.1 Å². The molecule has 1 unspecified atom stereocenters. The van der Waals surface area contributed by atoms with Crippen LogP contribution in [-0.2, 0) is 11.8 Å². The molecule has 1 amide bonds. The second-order valence-corrected chi connectivity index (χ2v) is 8.35. The van der Waals surface area contributed by atoms with Crippen molar-refractivity contribution in [2.24, 2.45) is 12.0 Å². The Balaban J connectivity index is 1.79. The van der Waals surface area contributed by atoms with Crippen molar-refractivity contribution >= 4 is 23.2 Å². The van der Waals surface area contributed by atoms with Crippen molar-refractivity contribution in [3.63, 3.8) is 0 Å². The van der Waals surface area contributed by atoms with Gasteiger partial charge in [-0.3, -0.25) is 15.4 Å². The number of fused-ring (bicyclic) bond motifs is 3. The number of hydrogen-bond donors (Lipinski definition) is 1. The van der Waals surface area contributed by atoms with Gasteiger partial charge >= 0.3 is 5.91 Å². The number of aliphatic imine (C=N–C) groups is 1. The van der Waals surface area contributed by atoms with Crippen molar-refractivity contribution in [1.82, 2.24) is 14.9 Å². The van der Waals surface area contributed by atoms with E-state index in [-0.39, 0.29) is 12.3 Å². The van der Waals surface area contributed by atoms with E-state index in [1.807, 2.05) is 50.6 Å². The van der Waals surface area contributed by atoms with E-state index in [9.17, 15) is 4.79 Å². The second-order valence-electron chi connectivity index (χ2n) is 7.91. The molecule has 0 saturated heterocycles. The molecule has 0 bridgehead atoms. The van der Waals surface area contributed by atoms with Gasteiger partial charge in [0.25, 0.3) is 0 Å². The summed E-state index contributed by atoms with van der Waals surface area (Å²) in [7, 11) is 1.89. The van der Waals surface area contributed by atoms with Crippen LogP contribution in [0.1, 0.15) is 35.0 Å². The van der Waals surface area contributed by atoms with Crippen molar-refractivity contribution < 1.29 is 15.1 Å². The summed E-state index contributed by atoms with van der Waals surface area (Å²) < 4.78 is 7.46. The van der Waals surface area contributed by atoms with Gasteiger partial charge in [0.05, 0.1) is 29.6 Å². The fourth-order valence-electron chi connectivity index (χ4n) is 4.13. The van der Waals surface area contributed by atoms with E-state index in [0.717, 1.165) is 44.8 Å². The summed E-state index contributed by atoms with van der Waals surface area (Å²) in [5, 5.41) is 9.12. The minimum absolute atomic E-state index is 0.127. The molecule has 1 aliphatic heterocycles. The van der Waals surface area contributed by atoms with Crippen LogP contribution in [0.5, 0.6) is 0 Å². The molecule has 0 aliphatic carbocycles. The molecular weight excluding hydrogens is 426 g/mol. The van der Waals surface area contributed by atoms with Crippen molar-refractivity contribution in [2.45, 2.75) is 19.4 Å². The molecule has 5 rings (SSSR count). The molecule has 4 aromatic rings. The van der Waals surface area contributed by atoms with Gasteiger partial charge in [-0.25, -0.2) is 4.79 Å². The van der Waals surface area contributed by atoms with Gasteiger partial charge in [0.15, 0.2) is 5.76 Å². The van der Waals surface area contributed by atoms with Crippen LogP contribution in [0.3, 0.4) is 0 Å². The lowest BCUT2D eigenvalue weighted by Crippen LogP contribution is -2.57. The van der Waals surface area contributed by atoms with Crippen LogP contribution < -0.4 is 5.73 Å². The summed E-state index contributed by atoms with van der Waals surface area (Å²) >= 11 is 6.14. The van der Waals surface area contributed by atoms with Gasteiger partial charge in [0.2, 0.25) is 0 Å². The Morgan fingerprint density at radius 3 is 2.56 bits per heavy atom. The molecular formula is C24H21ClN5O2+. The lowest BCUT2D eigenvalue weighted by Gasteiger charge is -2.13. The molecule has 0 saturated carbocycles. The Morgan fingerprint density at radius 2 is 1.88 bits per heavy atom. The highest BCUT2D eigenvalue weighted by molar-refractivity contribution is 6.30. The van der Waals surface area contributed by atoms with Gasteiger partial charge < -0.3 is 4.52 Å². The van der Waals surface area contributed by atoms with E-state index in [2.05, 4.69) is 34.2 Å². The third-order valence-electron chi connectivity index (χ3n) is 5.60. The summed E-state index contributed by atoms with van der Waals surface area (Å²) in [5.74, 6) is 0.370. The zero-order valence-corrected chi connectivity index (χ0v) is 18.4. The molecule has 0 radical (unpaired) electrons. The number of nitrogens with zero attached hydrogens (tertiary/aromatic N) is 4. The molecule has 0 fully saturated rings. The molecule has 1 aliphatic rings. The summed E-state index contributed by atoms with van der Waals surface area (Å²) in [6.45, 7) is 1.90. The highest BCUT2D eigenvalue weighted by Gasteiger charge is 2.32. The first-order valence-corrected chi connectivity index (χ1v) is 10.6. The second kappa shape index (κ2) is 7.85. The smallest absolute Gasteiger partial charge is 0.311 e. The van der Waals surface area contributed by atoms with Gasteiger partial charge in [0.1, 0.15) is 6.04 Å². The van der Waals surface area contributed by atoms with E-state index in [1.54, 1.807) is 4.68 Å². The molecule has 3 N–H and O–H groups in total. The first kappa shape index (κ1) is 20.4. The van der Waals surface area contributed by atoms with Crippen LogP contribution in [-0.4, -0.2) is 26.6 Å². The Morgan fingerprint density at radius 1 is 1.12 bits per heavy atom. The Kier molecular flexibility index (Phi) is 5.00. The summed E-state index contributed by atoms with van der Waals surface area (Å²) in [5.41, 5.74) is 10.8. The van der Waals surface area contributed by atoms with E-state index in [1.165, 1.54) is 0 Å². The van der Waals surface area contributed by atoms with Gasteiger partial charge in [-0.2, -0.15) is 5.10 Å². The fraction of sp³-hybridized carbons (Fsp3) is 0.167. The highest BCUT2D eigenvalue weighted by Crippen LogP contribution is 2.42. The van der Waals surface area contributed by atoms with Crippen molar-refractivity contribution in [3.8, 4) is 22.3 Å². The number of hydrogen-bond acceptors (Lipinski definition) is 5. The van der Waals surface area contributed by atoms with Crippen LogP contribution in [0.15, 0.2) is 64.4 Å². The highest BCUT2D eigenvalue weighted by atomic mass is 35.5. The van der Waals surface area contributed by atoms with Crippen molar-refractivity contribution in [3.05, 3.63) is 82.5 Å². The number of carbonyl (C=O) groups excluding carboxylic acids is 1. The first-order chi connectivity index (χ1) is 15.4. The molecule has 1 atom stereocenters. The molecule has 0 spiro atoms. The first-order valence-electron chi connectivity index (χ1n) is 10.2. The zero-order valence-electron chi connectivity index (χ0n) is 17.7. The SMILES string of the molecule is Cc1noc2c1-c1ccc(-c3cnn(C)c3)cc1C(c1ccc(Cl)cc1)=NC2CC([NH3+])=O. The fourth-order valence-corrected chi connectivity index (χ4v) is 4.25. The average Bonchev–Trinajstić information content (AvgIpc) is 3.33.